The van der Waals surface area contributed by atoms with Crippen LogP contribution in [0.15, 0.2) is 0 Å². The van der Waals surface area contributed by atoms with Crippen LogP contribution in [0.2, 0.25) is 0 Å². The Hall–Kier alpha value is 3.66. The second-order valence-corrected chi connectivity index (χ2v) is 0. The molecule has 0 nitrogen and oxygen atoms in total. The zero-order valence-electron chi connectivity index (χ0n) is 2.42. The second kappa shape index (κ2) is 15.9. The Morgan fingerprint density at radius 1 is 0.500 bits per heavy atom. The summed E-state index contributed by atoms with van der Waals surface area (Å²) in [6.07, 6.45) is 0. The van der Waals surface area contributed by atoms with Crippen molar-refractivity contribution in [3.8, 4) is 0 Å². The summed E-state index contributed by atoms with van der Waals surface area (Å²) in [5, 5.41) is 0. The maximum atomic E-state index is 0. The van der Waals surface area contributed by atoms with Crippen molar-refractivity contribution in [3.63, 3.8) is 0 Å². The van der Waals surface area contributed by atoms with E-state index in [4.69, 9.17) is 0 Å². The Bertz CT molecular complexity index is 3.25. The van der Waals surface area contributed by atoms with Crippen LogP contribution in [0.25, 0.3) is 0 Å². The van der Waals surface area contributed by atoms with Gasteiger partial charge in [-0.2, -0.15) is 0 Å². The molecule has 0 aromatic heterocycles. The Kier molecular flexibility index (Phi) is 101. The first-order valence-electron chi connectivity index (χ1n) is 0. The van der Waals surface area contributed by atoms with Gasteiger partial charge in [-0.25, -0.2) is 0 Å². The molecule has 0 aliphatic carbocycles. The molecule has 0 aliphatic rings. The van der Waals surface area contributed by atoms with Crippen LogP contribution < -0.4 is 0 Å². The summed E-state index contributed by atoms with van der Waals surface area (Å²) in [6.45, 7) is 0. The fourth-order valence-corrected chi connectivity index (χ4v) is 0. The molecular formula is H6HoSn3. The molecule has 0 heterocycles. The summed E-state index contributed by atoms with van der Waals surface area (Å²) in [7, 11) is 0. The van der Waals surface area contributed by atoms with Crippen LogP contribution >= 0.6 is 0 Å². The third-order valence-corrected chi connectivity index (χ3v) is 0. The SMILES string of the molecule is [Ho].[SnH2].[SnH2].[SnH2]. The zero-order chi connectivity index (χ0) is 0. The first-order valence-corrected chi connectivity index (χ1v) is 0. The summed E-state index contributed by atoms with van der Waals surface area (Å²) < 4.78 is 0. The van der Waals surface area contributed by atoms with Crippen molar-refractivity contribution >= 4 is 71.7 Å². The summed E-state index contributed by atoms with van der Waals surface area (Å²) in [6, 6.07) is 0. The molecule has 4 heteroatoms. The van der Waals surface area contributed by atoms with Crippen molar-refractivity contribution in [2.45, 2.75) is 0 Å². The summed E-state index contributed by atoms with van der Waals surface area (Å²) in [5.41, 5.74) is 0. The molecule has 29 valence electrons. The summed E-state index contributed by atoms with van der Waals surface area (Å²) in [4.78, 5) is 0. The van der Waals surface area contributed by atoms with E-state index >= 15 is 0 Å². The minimum absolute atomic E-state index is 0. The van der Waals surface area contributed by atoms with Gasteiger partial charge in [-0.05, 0) is 0 Å². The standard InChI is InChI=1S/Ho.3Sn.6H. The molecule has 0 saturated heterocycles. The fourth-order valence-electron chi connectivity index (χ4n) is 0. The normalized spacial score (nSPS) is 0. The molecule has 0 N–H and O–H groups in total. The Morgan fingerprint density at radius 3 is 0.500 bits per heavy atom. The predicted molar refractivity (Wildman–Crippen MR) is 25.6 cm³/mol. The molecule has 0 bridgehead atoms. The van der Waals surface area contributed by atoms with E-state index in [2.05, 4.69) is 0 Å². The third-order valence-electron chi connectivity index (χ3n) is 0. The van der Waals surface area contributed by atoms with Gasteiger partial charge in [-0.3, -0.25) is 0 Å². The van der Waals surface area contributed by atoms with Gasteiger partial charge in [0.2, 0.25) is 0 Å². The van der Waals surface area contributed by atoms with Gasteiger partial charge in [0.05, 0.1) is 0 Å². The van der Waals surface area contributed by atoms with Crippen LogP contribution in [0.3, 0.4) is 0 Å². The summed E-state index contributed by atoms with van der Waals surface area (Å²) >= 11 is 0. The molecule has 4 heavy (non-hydrogen) atoms. The van der Waals surface area contributed by atoms with Crippen LogP contribution in [0.1, 0.15) is 0 Å². The van der Waals surface area contributed by atoms with Gasteiger partial charge in [-0.15, -0.1) is 0 Å². The molecule has 0 saturated carbocycles. The van der Waals surface area contributed by atoms with Crippen molar-refractivity contribution < 1.29 is 37.7 Å². The van der Waals surface area contributed by atoms with Crippen molar-refractivity contribution in [1.29, 1.82) is 0 Å². The molecule has 7 radical (unpaired) electrons. The van der Waals surface area contributed by atoms with E-state index in [1.807, 2.05) is 0 Å². The van der Waals surface area contributed by atoms with Crippen LogP contribution in [0.4, 0.5) is 0 Å². The van der Waals surface area contributed by atoms with Gasteiger partial charge in [0, 0.05) is 37.7 Å². The van der Waals surface area contributed by atoms with E-state index in [1.165, 1.54) is 0 Å². The Balaban J connectivity index is 0. The molecule has 0 spiro atoms. The number of hydrogen-bond acceptors (Lipinski definition) is 0. The zero-order valence-corrected chi connectivity index (χ0v) is 16.5. The molecule has 0 atom stereocenters. The van der Waals surface area contributed by atoms with Gasteiger partial charge >= 0.3 is 71.7 Å². The third kappa shape index (κ3) is 9.17. The average molecular weight is 527 g/mol. The Morgan fingerprint density at radius 2 is 0.500 bits per heavy atom. The first kappa shape index (κ1) is 25.4. The average Bonchev–Trinajstić information content (AvgIpc) is 0. The van der Waals surface area contributed by atoms with Crippen LogP contribution in [0.5, 0.6) is 0 Å². The molecule has 0 fully saturated rings. The molecule has 0 aromatic rings. The van der Waals surface area contributed by atoms with Crippen molar-refractivity contribution in [3.05, 3.63) is 0 Å². The molecule has 0 rings (SSSR count). The molecule has 0 aliphatic heterocycles. The maximum absolute atomic E-state index is 0. The van der Waals surface area contributed by atoms with E-state index in [1.54, 1.807) is 0 Å². The summed E-state index contributed by atoms with van der Waals surface area (Å²) in [5.74, 6) is 0. The van der Waals surface area contributed by atoms with Crippen LogP contribution in [-0.2, 0) is 0 Å². The first-order chi connectivity index (χ1) is 0. The van der Waals surface area contributed by atoms with Crippen molar-refractivity contribution in [2.75, 3.05) is 0 Å². The molecule has 0 aromatic carbocycles. The topological polar surface area (TPSA) is 0 Å². The molecule has 0 unspecified atom stereocenters. The number of hydrogen-bond donors (Lipinski definition) is 0. The van der Waals surface area contributed by atoms with Gasteiger partial charge < -0.3 is 0 Å². The fraction of sp³-hybridized carbons (Fsp3) is 0. The van der Waals surface area contributed by atoms with E-state index in [-0.39, 0.29) is 109 Å². The van der Waals surface area contributed by atoms with E-state index in [9.17, 15) is 0 Å². The van der Waals surface area contributed by atoms with Crippen LogP contribution in [0, 0.1) is 37.7 Å². The van der Waals surface area contributed by atoms with E-state index in [0.717, 1.165) is 0 Å². The van der Waals surface area contributed by atoms with E-state index < -0.39 is 0 Å². The van der Waals surface area contributed by atoms with Gasteiger partial charge in [0.15, 0.2) is 0 Å². The van der Waals surface area contributed by atoms with Crippen LogP contribution in [-0.4, -0.2) is 71.7 Å². The second-order valence-electron chi connectivity index (χ2n) is 0. The quantitative estimate of drug-likeness (QED) is 0.300. The monoisotopic (exact) mass is 531 g/mol. The minimum atomic E-state index is 0. The van der Waals surface area contributed by atoms with E-state index in [0.29, 0.717) is 0 Å². The van der Waals surface area contributed by atoms with Crippen molar-refractivity contribution in [2.24, 2.45) is 0 Å². The van der Waals surface area contributed by atoms with Crippen molar-refractivity contribution in [1.82, 2.24) is 0 Å². The van der Waals surface area contributed by atoms with Gasteiger partial charge in [-0.1, -0.05) is 0 Å². The molecular weight excluding hydrogens is 521 g/mol. The Labute approximate surface area is 107 Å². The predicted octanol–water partition coefficient (Wildman–Crippen LogP) is -2.75. The molecule has 0 amide bonds. The van der Waals surface area contributed by atoms with Gasteiger partial charge in [0.25, 0.3) is 0 Å². The van der Waals surface area contributed by atoms with Gasteiger partial charge in [0.1, 0.15) is 0 Å². The number of rotatable bonds is 0.